The first kappa shape index (κ1) is 21.6. The molecular formula is C24H21FN2O4. The van der Waals surface area contributed by atoms with Gasteiger partial charge in [-0.05, 0) is 54.1 Å². The summed E-state index contributed by atoms with van der Waals surface area (Å²) >= 11 is 0. The van der Waals surface area contributed by atoms with Gasteiger partial charge in [-0.3, -0.25) is 9.59 Å². The molecule has 0 aromatic heterocycles. The lowest BCUT2D eigenvalue weighted by atomic mass is 10.2. The number of para-hydroxylation sites is 2. The van der Waals surface area contributed by atoms with Gasteiger partial charge in [-0.25, -0.2) is 4.39 Å². The van der Waals surface area contributed by atoms with Crippen molar-refractivity contribution < 1.29 is 23.5 Å². The van der Waals surface area contributed by atoms with Crippen molar-refractivity contribution in [3.8, 4) is 11.5 Å². The third-order valence-electron chi connectivity index (χ3n) is 4.14. The molecule has 0 bridgehead atoms. The molecule has 0 radical (unpaired) electrons. The zero-order chi connectivity index (χ0) is 22.1. The van der Waals surface area contributed by atoms with Gasteiger partial charge < -0.3 is 20.1 Å². The number of carbonyl (C=O) groups is 2. The van der Waals surface area contributed by atoms with Gasteiger partial charge >= 0.3 is 0 Å². The van der Waals surface area contributed by atoms with Crippen LogP contribution in [0, 0.1) is 5.82 Å². The SMILES string of the molecule is COc1ccccc1OCC(=O)Nc1cccc(NC(=O)/C=C/c2ccc(F)cc2)c1. The average molecular weight is 420 g/mol. The van der Waals surface area contributed by atoms with Gasteiger partial charge in [-0.1, -0.05) is 30.3 Å². The van der Waals surface area contributed by atoms with Gasteiger partial charge in [0, 0.05) is 17.5 Å². The number of benzene rings is 3. The van der Waals surface area contributed by atoms with E-state index in [1.807, 2.05) is 0 Å². The number of amides is 2. The summed E-state index contributed by atoms with van der Waals surface area (Å²) in [7, 11) is 1.52. The molecule has 0 atom stereocenters. The largest absolute Gasteiger partial charge is 0.493 e. The Morgan fingerprint density at radius 1 is 0.903 bits per heavy atom. The quantitative estimate of drug-likeness (QED) is 0.526. The fourth-order valence-corrected chi connectivity index (χ4v) is 2.68. The van der Waals surface area contributed by atoms with Crippen LogP contribution in [0.3, 0.4) is 0 Å². The van der Waals surface area contributed by atoms with Crippen molar-refractivity contribution in [2.45, 2.75) is 0 Å². The molecule has 0 spiro atoms. The Morgan fingerprint density at radius 3 is 2.29 bits per heavy atom. The summed E-state index contributed by atoms with van der Waals surface area (Å²) in [6, 6.07) is 19.6. The number of nitrogens with one attached hydrogen (secondary N) is 2. The minimum Gasteiger partial charge on any atom is -0.493 e. The molecule has 31 heavy (non-hydrogen) atoms. The molecule has 158 valence electrons. The number of rotatable bonds is 8. The number of hydrogen-bond acceptors (Lipinski definition) is 4. The number of halogens is 1. The van der Waals surface area contributed by atoms with E-state index in [9.17, 15) is 14.0 Å². The topological polar surface area (TPSA) is 76.7 Å². The smallest absolute Gasteiger partial charge is 0.262 e. The van der Waals surface area contributed by atoms with Crippen LogP contribution in [-0.2, 0) is 9.59 Å². The maximum atomic E-state index is 12.9. The molecule has 3 aromatic rings. The summed E-state index contributed by atoms with van der Waals surface area (Å²) in [6.45, 7) is -0.197. The van der Waals surface area contributed by atoms with Gasteiger partial charge in [0.25, 0.3) is 5.91 Å². The van der Waals surface area contributed by atoms with Crippen molar-refractivity contribution in [2.75, 3.05) is 24.4 Å². The van der Waals surface area contributed by atoms with Crippen LogP contribution in [0.1, 0.15) is 5.56 Å². The molecule has 0 saturated heterocycles. The Hall–Kier alpha value is -4.13. The highest BCUT2D eigenvalue weighted by Crippen LogP contribution is 2.25. The maximum Gasteiger partial charge on any atom is 0.262 e. The van der Waals surface area contributed by atoms with E-state index >= 15 is 0 Å². The second-order valence-electron chi connectivity index (χ2n) is 6.44. The van der Waals surface area contributed by atoms with Crippen LogP contribution < -0.4 is 20.1 Å². The van der Waals surface area contributed by atoms with E-state index in [-0.39, 0.29) is 24.2 Å². The lowest BCUT2D eigenvalue weighted by Crippen LogP contribution is -2.20. The molecule has 0 saturated carbocycles. The molecular weight excluding hydrogens is 399 g/mol. The fraction of sp³-hybridized carbons (Fsp3) is 0.0833. The van der Waals surface area contributed by atoms with Crippen LogP contribution in [0.25, 0.3) is 6.08 Å². The molecule has 2 N–H and O–H groups in total. The monoisotopic (exact) mass is 420 g/mol. The van der Waals surface area contributed by atoms with E-state index in [1.165, 1.54) is 25.3 Å². The summed E-state index contributed by atoms with van der Waals surface area (Å²) in [6.07, 6.45) is 2.93. The zero-order valence-corrected chi connectivity index (χ0v) is 16.8. The van der Waals surface area contributed by atoms with Crippen molar-refractivity contribution in [1.82, 2.24) is 0 Å². The van der Waals surface area contributed by atoms with Crippen LogP contribution in [-0.4, -0.2) is 25.5 Å². The number of carbonyl (C=O) groups excluding carboxylic acids is 2. The van der Waals surface area contributed by atoms with E-state index in [2.05, 4.69) is 10.6 Å². The van der Waals surface area contributed by atoms with Gasteiger partial charge in [0.05, 0.1) is 7.11 Å². The number of hydrogen-bond donors (Lipinski definition) is 2. The lowest BCUT2D eigenvalue weighted by Gasteiger charge is -2.11. The van der Waals surface area contributed by atoms with E-state index in [0.717, 1.165) is 0 Å². The molecule has 3 rings (SSSR count). The van der Waals surface area contributed by atoms with Crippen molar-refractivity contribution in [3.05, 3.63) is 90.3 Å². The second-order valence-corrected chi connectivity index (χ2v) is 6.44. The molecule has 0 unspecified atom stereocenters. The van der Waals surface area contributed by atoms with Crippen LogP contribution in [0.5, 0.6) is 11.5 Å². The predicted molar refractivity (Wildman–Crippen MR) is 118 cm³/mol. The summed E-state index contributed by atoms with van der Waals surface area (Å²) in [5, 5.41) is 5.43. The molecule has 2 amide bonds. The molecule has 0 fully saturated rings. The Morgan fingerprint density at radius 2 is 1.58 bits per heavy atom. The highest BCUT2D eigenvalue weighted by atomic mass is 19.1. The zero-order valence-electron chi connectivity index (χ0n) is 16.8. The molecule has 0 aliphatic carbocycles. The van der Waals surface area contributed by atoms with Gasteiger partial charge in [-0.15, -0.1) is 0 Å². The summed E-state index contributed by atoms with van der Waals surface area (Å²) in [5.41, 5.74) is 1.72. The van der Waals surface area contributed by atoms with E-state index in [4.69, 9.17) is 9.47 Å². The lowest BCUT2D eigenvalue weighted by molar-refractivity contribution is -0.118. The predicted octanol–water partition coefficient (Wildman–Crippen LogP) is 4.50. The minimum atomic E-state index is -0.356. The van der Waals surface area contributed by atoms with Crippen LogP contribution in [0.15, 0.2) is 78.9 Å². The molecule has 6 nitrogen and oxygen atoms in total. The first-order chi connectivity index (χ1) is 15.0. The van der Waals surface area contributed by atoms with Crippen LogP contribution in [0.2, 0.25) is 0 Å². The minimum absolute atomic E-state index is 0.197. The molecule has 0 aliphatic rings. The van der Waals surface area contributed by atoms with E-state index in [1.54, 1.807) is 66.7 Å². The highest BCUT2D eigenvalue weighted by molar-refractivity contribution is 6.02. The van der Waals surface area contributed by atoms with Gasteiger partial charge in [-0.2, -0.15) is 0 Å². The highest BCUT2D eigenvalue weighted by Gasteiger charge is 2.08. The van der Waals surface area contributed by atoms with Crippen LogP contribution >= 0.6 is 0 Å². The van der Waals surface area contributed by atoms with Crippen molar-refractivity contribution in [2.24, 2.45) is 0 Å². The van der Waals surface area contributed by atoms with Crippen molar-refractivity contribution in [1.29, 1.82) is 0 Å². The van der Waals surface area contributed by atoms with Gasteiger partial charge in [0.15, 0.2) is 18.1 Å². The van der Waals surface area contributed by atoms with E-state index in [0.29, 0.717) is 28.4 Å². The summed E-state index contributed by atoms with van der Waals surface area (Å²) < 4.78 is 23.6. The first-order valence-electron chi connectivity index (χ1n) is 9.44. The van der Waals surface area contributed by atoms with Gasteiger partial charge in [0.1, 0.15) is 5.82 Å². The standard InChI is InChI=1S/C24H21FN2O4/c1-30-21-7-2-3-8-22(21)31-16-24(29)27-20-6-4-5-19(15-20)26-23(28)14-11-17-9-12-18(25)13-10-17/h2-15H,16H2,1H3,(H,26,28)(H,27,29)/b14-11+. The fourth-order valence-electron chi connectivity index (χ4n) is 2.68. The summed E-state index contributed by atoms with van der Waals surface area (Å²) in [4.78, 5) is 24.3. The molecule has 7 heteroatoms. The van der Waals surface area contributed by atoms with E-state index < -0.39 is 0 Å². The Bertz CT molecular complexity index is 1080. The first-order valence-corrected chi connectivity index (χ1v) is 9.44. The Balaban J connectivity index is 1.53. The Kier molecular flexibility index (Phi) is 7.37. The number of anilines is 2. The normalized spacial score (nSPS) is 10.5. The second kappa shape index (κ2) is 10.6. The summed E-state index contributed by atoms with van der Waals surface area (Å²) in [5.74, 6) is -0.0468. The van der Waals surface area contributed by atoms with Crippen LogP contribution in [0.4, 0.5) is 15.8 Å². The molecule has 0 heterocycles. The molecule has 0 aliphatic heterocycles. The number of methoxy groups -OCH3 is 1. The average Bonchev–Trinajstić information content (AvgIpc) is 2.78. The Labute approximate surface area is 179 Å². The molecule has 3 aromatic carbocycles. The third kappa shape index (κ3) is 6.71. The van der Waals surface area contributed by atoms with Crippen molar-refractivity contribution in [3.63, 3.8) is 0 Å². The maximum absolute atomic E-state index is 12.9. The van der Waals surface area contributed by atoms with Crippen molar-refractivity contribution >= 4 is 29.3 Å². The third-order valence-corrected chi connectivity index (χ3v) is 4.14. The van der Waals surface area contributed by atoms with Gasteiger partial charge in [0.2, 0.25) is 5.91 Å². The number of ether oxygens (including phenoxy) is 2.